The minimum absolute atomic E-state index is 0.675. The number of aromatic nitrogens is 4. The average molecular weight is 294 g/mol. The second-order valence-electron chi connectivity index (χ2n) is 5.91. The third-order valence-corrected chi connectivity index (χ3v) is 4.63. The van der Waals surface area contributed by atoms with Gasteiger partial charge in [0.25, 0.3) is 0 Å². The fraction of sp³-hybridized carbons (Fsp3) is 0.438. The summed E-state index contributed by atoms with van der Waals surface area (Å²) in [5.41, 5.74) is 2.96. The number of pyridine rings is 1. The molecule has 4 heterocycles. The minimum atomic E-state index is 0.675. The minimum Gasteiger partial charge on any atom is -0.346 e. The Balaban J connectivity index is 1.62. The van der Waals surface area contributed by atoms with Crippen LogP contribution in [0.1, 0.15) is 25.7 Å². The summed E-state index contributed by atoms with van der Waals surface area (Å²) in [4.78, 5) is 12.0. The predicted octanol–water partition coefficient (Wildman–Crippen LogP) is 2.56. The van der Waals surface area contributed by atoms with Crippen LogP contribution in [0, 0.1) is 17.2 Å². The van der Waals surface area contributed by atoms with Gasteiger partial charge in [-0.1, -0.05) is 0 Å². The van der Waals surface area contributed by atoms with Crippen LogP contribution in [0.3, 0.4) is 0 Å². The number of aromatic amines is 1. The van der Waals surface area contributed by atoms with Gasteiger partial charge in [0.2, 0.25) is 0 Å². The molecule has 0 aliphatic carbocycles. The van der Waals surface area contributed by atoms with Crippen molar-refractivity contribution in [3.63, 3.8) is 0 Å². The molecule has 0 radical (unpaired) electrons. The summed E-state index contributed by atoms with van der Waals surface area (Å²) < 4.78 is 2.17. The molecule has 0 unspecified atom stereocenters. The van der Waals surface area contributed by atoms with E-state index in [0.717, 1.165) is 54.4 Å². The molecule has 1 aliphatic heterocycles. The number of fused-ring (bicyclic) bond motifs is 3. The highest BCUT2D eigenvalue weighted by atomic mass is 15.6. The molecule has 0 bridgehead atoms. The highest BCUT2D eigenvalue weighted by Gasteiger charge is 2.21. The summed E-state index contributed by atoms with van der Waals surface area (Å²) in [7, 11) is 0. The summed E-state index contributed by atoms with van der Waals surface area (Å²) in [6.07, 6.45) is 9.63. The Labute approximate surface area is 128 Å². The van der Waals surface area contributed by atoms with Crippen molar-refractivity contribution in [1.82, 2.24) is 19.6 Å². The largest absolute Gasteiger partial charge is 0.346 e. The molecular weight excluding hydrogens is 276 g/mol. The second kappa shape index (κ2) is 5.34. The molecule has 1 aliphatic rings. The SMILES string of the molecule is N#CCCC1CCN(n2cnc3cnc4[nH]ccc4c32)CC1. The summed E-state index contributed by atoms with van der Waals surface area (Å²) in [6.45, 7) is 2.02. The maximum atomic E-state index is 8.72. The Hall–Kier alpha value is -2.55. The fourth-order valence-corrected chi connectivity index (χ4v) is 3.40. The number of H-pyrrole nitrogens is 1. The lowest BCUT2D eigenvalue weighted by Gasteiger charge is -2.34. The van der Waals surface area contributed by atoms with Crippen molar-refractivity contribution in [1.29, 1.82) is 5.26 Å². The molecule has 1 fully saturated rings. The Bertz CT molecular complexity index is 831. The average Bonchev–Trinajstić information content (AvgIpc) is 3.19. The number of rotatable bonds is 3. The van der Waals surface area contributed by atoms with Crippen LogP contribution in [-0.4, -0.2) is 32.7 Å². The van der Waals surface area contributed by atoms with Crippen molar-refractivity contribution in [2.24, 2.45) is 5.92 Å². The summed E-state index contributed by atoms with van der Waals surface area (Å²) in [5, 5.41) is 12.2. The van der Waals surface area contributed by atoms with Crippen molar-refractivity contribution >= 4 is 22.1 Å². The molecule has 3 aromatic heterocycles. The Morgan fingerprint density at radius 2 is 2.18 bits per heavy atom. The number of imidazole rings is 1. The number of nitrogens with one attached hydrogen (secondary N) is 1. The maximum Gasteiger partial charge on any atom is 0.139 e. The van der Waals surface area contributed by atoms with E-state index in [4.69, 9.17) is 5.26 Å². The van der Waals surface area contributed by atoms with E-state index >= 15 is 0 Å². The molecule has 0 aromatic carbocycles. The maximum absolute atomic E-state index is 8.72. The van der Waals surface area contributed by atoms with Gasteiger partial charge < -0.3 is 9.99 Å². The zero-order valence-corrected chi connectivity index (χ0v) is 12.4. The van der Waals surface area contributed by atoms with E-state index in [1.165, 1.54) is 0 Å². The third kappa shape index (κ3) is 2.10. The Morgan fingerprint density at radius 3 is 3.00 bits per heavy atom. The number of hydrogen-bond donors (Lipinski definition) is 1. The molecule has 0 amide bonds. The van der Waals surface area contributed by atoms with Crippen LogP contribution in [0.25, 0.3) is 22.1 Å². The zero-order chi connectivity index (χ0) is 14.9. The van der Waals surface area contributed by atoms with Gasteiger partial charge in [-0.05, 0) is 31.2 Å². The topological polar surface area (TPSA) is 73.5 Å². The molecule has 6 heteroatoms. The van der Waals surface area contributed by atoms with Gasteiger partial charge in [0.15, 0.2) is 0 Å². The van der Waals surface area contributed by atoms with Gasteiger partial charge in [0.05, 0.1) is 12.3 Å². The normalized spacial score (nSPS) is 16.4. The number of nitriles is 1. The molecule has 1 saturated heterocycles. The first kappa shape index (κ1) is 13.1. The van der Waals surface area contributed by atoms with Crippen molar-refractivity contribution < 1.29 is 0 Å². The van der Waals surface area contributed by atoms with Crippen molar-refractivity contribution in [3.05, 3.63) is 24.8 Å². The lowest BCUT2D eigenvalue weighted by atomic mass is 9.93. The number of hydrogen-bond acceptors (Lipinski definition) is 4. The van der Waals surface area contributed by atoms with E-state index < -0.39 is 0 Å². The first-order chi connectivity index (χ1) is 10.9. The Morgan fingerprint density at radius 1 is 1.32 bits per heavy atom. The predicted molar refractivity (Wildman–Crippen MR) is 84.9 cm³/mol. The summed E-state index contributed by atoms with van der Waals surface area (Å²) in [6, 6.07) is 4.31. The van der Waals surface area contributed by atoms with E-state index in [1.54, 1.807) is 0 Å². The van der Waals surface area contributed by atoms with E-state index in [-0.39, 0.29) is 0 Å². The third-order valence-electron chi connectivity index (χ3n) is 4.63. The van der Waals surface area contributed by atoms with Gasteiger partial charge in [0.1, 0.15) is 23.0 Å². The van der Waals surface area contributed by atoms with Crippen LogP contribution < -0.4 is 5.01 Å². The summed E-state index contributed by atoms with van der Waals surface area (Å²) in [5.74, 6) is 0.680. The second-order valence-corrected chi connectivity index (χ2v) is 5.91. The fourth-order valence-electron chi connectivity index (χ4n) is 3.40. The Kier molecular flexibility index (Phi) is 3.19. The van der Waals surface area contributed by atoms with Gasteiger partial charge in [-0.2, -0.15) is 5.26 Å². The molecule has 4 rings (SSSR count). The molecule has 1 N–H and O–H groups in total. The highest BCUT2D eigenvalue weighted by Crippen LogP contribution is 2.25. The monoisotopic (exact) mass is 294 g/mol. The zero-order valence-electron chi connectivity index (χ0n) is 12.4. The van der Waals surface area contributed by atoms with Crippen molar-refractivity contribution in [2.75, 3.05) is 18.1 Å². The van der Waals surface area contributed by atoms with E-state index in [0.29, 0.717) is 12.3 Å². The van der Waals surface area contributed by atoms with Gasteiger partial charge in [-0.3, -0.25) is 0 Å². The van der Waals surface area contributed by atoms with Crippen LogP contribution in [-0.2, 0) is 0 Å². The lowest BCUT2D eigenvalue weighted by molar-refractivity contribution is 0.351. The van der Waals surface area contributed by atoms with Gasteiger partial charge in [0, 0.05) is 31.1 Å². The van der Waals surface area contributed by atoms with Gasteiger partial charge >= 0.3 is 0 Å². The summed E-state index contributed by atoms with van der Waals surface area (Å²) >= 11 is 0. The standard InChI is InChI=1S/C16H18N6/c17-6-1-2-12-4-8-21(9-5-12)22-11-20-14-10-19-16-13(15(14)22)3-7-18-16/h3,7,10-12H,1-2,4-5,8-9H2,(H,18,19). The molecule has 3 aromatic rings. The molecule has 0 spiro atoms. The van der Waals surface area contributed by atoms with Gasteiger partial charge in [-0.25, -0.2) is 14.6 Å². The molecule has 22 heavy (non-hydrogen) atoms. The smallest absolute Gasteiger partial charge is 0.139 e. The molecule has 0 atom stereocenters. The van der Waals surface area contributed by atoms with Crippen LogP contribution in [0.5, 0.6) is 0 Å². The number of piperidine rings is 1. The van der Waals surface area contributed by atoms with Crippen LogP contribution in [0.4, 0.5) is 0 Å². The molecule has 0 saturated carbocycles. The highest BCUT2D eigenvalue weighted by molar-refractivity contribution is 6.01. The molecular formula is C16H18N6. The quantitative estimate of drug-likeness (QED) is 0.805. The first-order valence-electron chi connectivity index (χ1n) is 7.78. The first-order valence-corrected chi connectivity index (χ1v) is 7.78. The van der Waals surface area contributed by atoms with E-state index in [2.05, 4.69) is 36.8 Å². The molecule has 6 nitrogen and oxygen atoms in total. The van der Waals surface area contributed by atoms with Crippen LogP contribution >= 0.6 is 0 Å². The molecule has 112 valence electrons. The van der Waals surface area contributed by atoms with Crippen molar-refractivity contribution in [2.45, 2.75) is 25.7 Å². The van der Waals surface area contributed by atoms with E-state index in [1.807, 2.05) is 18.7 Å². The number of nitrogens with zero attached hydrogens (tertiary/aromatic N) is 5. The van der Waals surface area contributed by atoms with Crippen LogP contribution in [0.15, 0.2) is 24.8 Å². The van der Waals surface area contributed by atoms with Gasteiger partial charge in [-0.15, -0.1) is 0 Å². The van der Waals surface area contributed by atoms with E-state index in [9.17, 15) is 0 Å². The van der Waals surface area contributed by atoms with Crippen molar-refractivity contribution in [3.8, 4) is 6.07 Å². The van der Waals surface area contributed by atoms with Crippen LogP contribution in [0.2, 0.25) is 0 Å². The lowest BCUT2D eigenvalue weighted by Crippen LogP contribution is -2.41.